The Bertz CT molecular complexity index is 1490. The number of nitrogens with zero attached hydrogens (tertiary/aromatic N) is 2. The summed E-state index contributed by atoms with van der Waals surface area (Å²) >= 11 is 5.94. The lowest BCUT2D eigenvalue weighted by Gasteiger charge is -2.38. The minimum atomic E-state index is -3.89. The Balaban J connectivity index is 1.68. The molecule has 0 aromatic heterocycles. The van der Waals surface area contributed by atoms with E-state index in [1.165, 1.54) is 35.6 Å². The van der Waals surface area contributed by atoms with Crippen molar-refractivity contribution in [1.29, 1.82) is 0 Å². The van der Waals surface area contributed by atoms with Gasteiger partial charge in [-0.25, -0.2) is 13.2 Å². The van der Waals surface area contributed by atoms with Gasteiger partial charge < -0.3 is 25.4 Å². The molecule has 3 aromatic rings. The number of likely N-dealkylation sites (N-methyl/N-ethyl adjacent to an activating group) is 1. The fourth-order valence-electron chi connectivity index (χ4n) is 4.50. The average molecular weight is 601 g/mol. The number of sulfonamides is 1. The number of rotatable bonds is 8. The maximum atomic E-state index is 13.7. The van der Waals surface area contributed by atoms with E-state index in [1.54, 1.807) is 54.3 Å². The van der Waals surface area contributed by atoms with Gasteiger partial charge in [0.25, 0.3) is 5.91 Å². The minimum absolute atomic E-state index is 0.0500. The van der Waals surface area contributed by atoms with Crippen LogP contribution in [0.25, 0.3) is 0 Å². The molecule has 0 fully saturated rings. The van der Waals surface area contributed by atoms with Gasteiger partial charge in [0.05, 0.1) is 35.3 Å². The Morgan fingerprint density at radius 3 is 2.44 bits per heavy atom. The number of carbonyl (C=O) groups is 2. The number of amides is 3. The highest BCUT2D eigenvalue weighted by molar-refractivity contribution is 7.89. The summed E-state index contributed by atoms with van der Waals surface area (Å²) in [6.45, 7) is 3.48. The summed E-state index contributed by atoms with van der Waals surface area (Å²) in [5, 5.41) is 15.8. The Hall–Kier alpha value is -3.64. The summed E-state index contributed by atoms with van der Waals surface area (Å²) in [6, 6.07) is 18.5. The normalized spacial score (nSPS) is 18.1. The molecule has 3 amide bonds. The summed E-state index contributed by atoms with van der Waals surface area (Å²) in [7, 11) is -2.44. The summed E-state index contributed by atoms with van der Waals surface area (Å²) in [6.07, 6.45) is -0.720. The second-order valence-corrected chi connectivity index (χ2v) is 12.5. The molecule has 1 heterocycles. The van der Waals surface area contributed by atoms with Crippen LogP contribution in [-0.2, 0) is 10.0 Å². The molecule has 1 aliphatic heterocycles. The molecule has 1 aliphatic rings. The van der Waals surface area contributed by atoms with E-state index >= 15 is 0 Å². The number of aliphatic hydroxyl groups is 1. The second-order valence-electron chi connectivity index (χ2n) is 9.99. The topological polar surface area (TPSA) is 128 Å². The van der Waals surface area contributed by atoms with Crippen molar-refractivity contribution in [2.75, 3.05) is 37.4 Å². The first-order valence-electron chi connectivity index (χ1n) is 13.1. The van der Waals surface area contributed by atoms with Crippen molar-refractivity contribution >= 4 is 44.9 Å². The van der Waals surface area contributed by atoms with Crippen LogP contribution in [0.4, 0.5) is 16.2 Å². The second kappa shape index (κ2) is 12.9. The van der Waals surface area contributed by atoms with Gasteiger partial charge in [0.1, 0.15) is 6.10 Å². The van der Waals surface area contributed by atoms with E-state index in [0.717, 1.165) is 0 Å². The SMILES string of the molecule is C[C@H]1CN([C@@H](C)CO)C(=O)c2cccc(NC(=O)Nc3ccccc3)c2O[C@H]1CN(C)S(=O)(=O)c1ccc(Cl)cc1. The van der Waals surface area contributed by atoms with Crippen LogP contribution < -0.4 is 15.4 Å². The molecule has 218 valence electrons. The van der Waals surface area contributed by atoms with E-state index in [0.29, 0.717) is 10.7 Å². The third-order valence-electron chi connectivity index (χ3n) is 6.93. The lowest BCUT2D eigenvalue weighted by molar-refractivity contribution is 0.0389. The number of urea groups is 1. The van der Waals surface area contributed by atoms with Gasteiger partial charge in [-0.05, 0) is 55.5 Å². The number of ether oxygens (including phenoxy) is 1. The van der Waals surface area contributed by atoms with Gasteiger partial charge in [0.15, 0.2) is 5.75 Å². The molecule has 0 unspecified atom stereocenters. The molecule has 41 heavy (non-hydrogen) atoms. The van der Waals surface area contributed by atoms with Gasteiger partial charge >= 0.3 is 6.03 Å². The number of nitrogens with one attached hydrogen (secondary N) is 2. The first-order valence-corrected chi connectivity index (χ1v) is 14.9. The van der Waals surface area contributed by atoms with Crippen molar-refractivity contribution in [1.82, 2.24) is 9.21 Å². The lowest BCUT2D eigenvalue weighted by Crippen LogP contribution is -2.50. The fourth-order valence-corrected chi connectivity index (χ4v) is 5.81. The standard InChI is InChI=1S/C29H33ClN4O6S/c1-19-16-34(20(2)18-35)28(36)24-10-7-11-25(32-29(37)31-22-8-5-4-6-9-22)27(24)40-26(19)17-33(3)41(38,39)23-14-12-21(30)13-15-23/h4-15,19-20,26,35H,16-18H2,1-3H3,(H2,31,32,37)/t19-,20-,26-/m0/s1. The number of anilines is 2. The quantitative estimate of drug-likeness (QED) is 0.349. The van der Waals surface area contributed by atoms with Gasteiger partial charge in [-0.15, -0.1) is 0 Å². The van der Waals surface area contributed by atoms with Crippen LogP contribution in [0.3, 0.4) is 0 Å². The highest BCUT2D eigenvalue weighted by Gasteiger charge is 2.36. The number of carbonyl (C=O) groups excluding carboxylic acids is 2. The third kappa shape index (κ3) is 6.99. The predicted octanol–water partition coefficient (Wildman–Crippen LogP) is 4.52. The van der Waals surface area contributed by atoms with Crippen molar-refractivity contribution in [2.24, 2.45) is 5.92 Å². The molecule has 4 rings (SSSR count). The van der Waals surface area contributed by atoms with E-state index in [2.05, 4.69) is 10.6 Å². The molecular formula is C29H33ClN4O6S. The van der Waals surface area contributed by atoms with E-state index in [9.17, 15) is 23.1 Å². The molecule has 0 saturated heterocycles. The molecular weight excluding hydrogens is 568 g/mol. The lowest BCUT2D eigenvalue weighted by atomic mass is 9.99. The van der Waals surface area contributed by atoms with Gasteiger partial charge in [0, 0.05) is 30.2 Å². The van der Waals surface area contributed by atoms with Gasteiger partial charge in [-0.1, -0.05) is 42.8 Å². The monoisotopic (exact) mass is 600 g/mol. The van der Waals surface area contributed by atoms with Crippen LogP contribution in [-0.4, -0.2) is 73.6 Å². The van der Waals surface area contributed by atoms with E-state index in [-0.39, 0.29) is 53.4 Å². The number of aliphatic hydroxyl groups excluding tert-OH is 1. The van der Waals surface area contributed by atoms with Gasteiger partial charge in [-0.3, -0.25) is 4.79 Å². The van der Waals surface area contributed by atoms with Crippen molar-refractivity contribution in [3.63, 3.8) is 0 Å². The zero-order valence-corrected chi connectivity index (χ0v) is 24.5. The molecule has 0 spiro atoms. The third-order valence-corrected chi connectivity index (χ3v) is 9.02. The number of para-hydroxylation sites is 2. The minimum Gasteiger partial charge on any atom is -0.486 e. The summed E-state index contributed by atoms with van der Waals surface area (Å²) in [4.78, 5) is 28.1. The van der Waals surface area contributed by atoms with Crippen LogP contribution >= 0.6 is 11.6 Å². The van der Waals surface area contributed by atoms with Gasteiger partial charge in [0.2, 0.25) is 10.0 Å². The van der Waals surface area contributed by atoms with Crippen LogP contribution in [0.5, 0.6) is 5.75 Å². The largest absolute Gasteiger partial charge is 0.486 e. The molecule has 3 N–H and O–H groups in total. The number of halogens is 1. The molecule has 10 nitrogen and oxygen atoms in total. The highest BCUT2D eigenvalue weighted by Crippen LogP contribution is 2.35. The number of fused-ring (bicyclic) bond motifs is 1. The van der Waals surface area contributed by atoms with Crippen molar-refractivity contribution in [2.45, 2.75) is 30.9 Å². The molecule has 0 bridgehead atoms. The van der Waals surface area contributed by atoms with Crippen LogP contribution in [0.1, 0.15) is 24.2 Å². The number of benzene rings is 3. The molecule has 12 heteroatoms. The van der Waals surface area contributed by atoms with E-state index in [4.69, 9.17) is 16.3 Å². The van der Waals surface area contributed by atoms with E-state index < -0.39 is 28.2 Å². The zero-order chi connectivity index (χ0) is 29.7. The molecule has 3 atom stereocenters. The Morgan fingerprint density at radius 2 is 1.78 bits per heavy atom. The molecule has 0 aliphatic carbocycles. The first kappa shape index (κ1) is 30.3. The number of hydrogen-bond acceptors (Lipinski definition) is 6. The maximum absolute atomic E-state index is 13.7. The van der Waals surface area contributed by atoms with E-state index in [1.807, 2.05) is 13.0 Å². The van der Waals surface area contributed by atoms with Crippen molar-refractivity contribution in [3.8, 4) is 5.75 Å². The van der Waals surface area contributed by atoms with Gasteiger partial charge in [-0.2, -0.15) is 4.31 Å². The molecule has 0 radical (unpaired) electrons. The maximum Gasteiger partial charge on any atom is 0.323 e. The van der Waals surface area contributed by atoms with Crippen LogP contribution in [0.2, 0.25) is 5.02 Å². The van der Waals surface area contributed by atoms with Crippen LogP contribution in [0, 0.1) is 5.92 Å². The Labute approximate surface area is 244 Å². The van der Waals surface area contributed by atoms with Crippen LogP contribution in [0.15, 0.2) is 77.7 Å². The fraction of sp³-hybridized carbons (Fsp3) is 0.310. The summed E-state index contributed by atoms with van der Waals surface area (Å²) in [5.74, 6) is -0.610. The van der Waals surface area contributed by atoms with Crippen molar-refractivity contribution in [3.05, 3.63) is 83.4 Å². The smallest absolute Gasteiger partial charge is 0.323 e. The zero-order valence-electron chi connectivity index (χ0n) is 23.0. The Kier molecular flexibility index (Phi) is 9.54. The summed E-state index contributed by atoms with van der Waals surface area (Å²) in [5.41, 5.74) is 0.996. The predicted molar refractivity (Wildman–Crippen MR) is 158 cm³/mol. The molecule has 3 aromatic carbocycles. The highest BCUT2D eigenvalue weighted by atomic mass is 35.5. The average Bonchev–Trinajstić information content (AvgIpc) is 2.95. The first-order chi connectivity index (χ1) is 19.5. The molecule has 0 saturated carbocycles. The Morgan fingerprint density at radius 1 is 1.10 bits per heavy atom. The number of hydrogen-bond donors (Lipinski definition) is 3. The van der Waals surface area contributed by atoms with Crippen molar-refractivity contribution < 1.29 is 27.9 Å². The summed E-state index contributed by atoms with van der Waals surface area (Å²) < 4.78 is 34.3.